The minimum atomic E-state index is 0.628. The van der Waals surface area contributed by atoms with E-state index < -0.39 is 0 Å². The van der Waals surface area contributed by atoms with Crippen LogP contribution in [-0.2, 0) is 13.0 Å². The molecule has 0 aliphatic rings. The maximum Gasteiger partial charge on any atom is 0.108 e. The highest BCUT2D eigenvalue weighted by Crippen LogP contribution is 2.03. The van der Waals surface area contributed by atoms with Gasteiger partial charge in [-0.15, -0.1) is 0 Å². The van der Waals surface area contributed by atoms with Gasteiger partial charge in [0.15, 0.2) is 0 Å². The lowest BCUT2D eigenvalue weighted by molar-refractivity contribution is 0.482. The molecular formula is C12H23N3. The van der Waals surface area contributed by atoms with Gasteiger partial charge in [0.1, 0.15) is 5.82 Å². The zero-order valence-electron chi connectivity index (χ0n) is 10.2. The summed E-state index contributed by atoms with van der Waals surface area (Å²) >= 11 is 0. The molecule has 1 atom stereocenters. The lowest BCUT2D eigenvalue weighted by Crippen LogP contribution is -2.25. The molecule has 0 saturated carbocycles. The van der Waals surface area contributed by atoms with Crippen molar-refractivity contribution in [1.82, 2.24) is 14.9 Å². The minimum Gasteiger partial charge on any atom is -0.335 e. The number of hydrogen-bond donors (Lipinski definition) is 1. The molecule has 0 amide bonds. The monoisotopic (exact) mass is 209 g/mol. The van der Waals surface area contributed by atoms with E-state index in [0.29, 0.717) is 6.04 Å². The number of imidazole rings is 1. The van der Waals surface area contributed by atoms with Crippen molar-refractivity contribution in [2.75, 3.05) is 6.54 Å². The van der Waals surface area contributed by atoms with E-state index in [2.05, 4.69) is 41.8 Å². The molecule has 15 heavy (non-hydrogen) atoms. The molecule has 0 aliphatic carbocycles. The average Bonchev–Trinajstić information content (AvgIpc) is 2.66. The summed E-state index contributed by atoms with van der Waals surface area (Å²) in [6.45, 7) is 8.71. The molecule has 1 unspecified atom stereocenters. The maximum atomic E-state index is 4.32. The zero-order valence-corrected chi connectivity index (χ0v) is 10.2. The number of nitrogens with zero attached hydrogens (tertiary/aromatic N) is 2. The number of nitrogens with one attached hydrogen (secondary N) is 1. The van der Waals surface area contributed by atoms with Crippen LogP contribution in [0.5, 0.6) is 0 Å². The maximum absolute atomic E-state index is 4.32. The number of aryl methyl sites for hydroxylation is 2. The Balaban J connectivity index is 2.25. The summed E-state index contributed by atoms with van der Waals surface area (Å²) in [5.41, 5.74) is 0. The quantitative estimate of drug-likeness (QED) is 0.746. The lowest BCUT2D eigenvalue weighted by Gasteiger charge is -2.12. The first-order valence-corrected chi connectivity index (χ1v) is 6.01. The van der Waals surface area contributed by atoms with E-state index in [4.69, 9.17) is 0 Å². The van der Waals surface area contributed by atoms with E-state index in [1.165, 1.54) is 18.7 Å². The van der Waals surface area contributed by atoms with Crippen molar-refractivity contribution < 1.29 is 0 Å². The Morgan fingerprint density at radius 3 is 2.93 bits per heavy atom. The second-order valence-electron chi connectivity index (χ2n) is 3.99. The fourth-order valence-electron chi connectivity index (χ4n) is 1.88. The van der Waals surface area contributed by atoms with Crippen LogP contribution in [0.1, 0.15) is 39.4 Å². The van der Waals surface area contributed by atoms with Crippen LogP contribution in [0.25, 0.3) is 0 Å². The van der Waals surface area contributed by atoms with Gasteiger partial charge in [-0.1, -0.05) is 13.8 Å². The van der Waals surface area contributed by atoms with Crippen LogP contribution in [0.2, 0.25) is 0 Å². The van der Waals surface area contributed by atoms with Gasteiger partial charge in [-0.05, 0) is 26.3 Å². The Labute approximate surface area is 92.9 Å². The van der Waals surface area contributed by atoms with Gasteiger partial charge in [0.2, 0.25) is 0 Å². The zero-order chi connectivity index (χ0) is 11.1. The summed E-state index contributed by atoms with van der Waals surface area (Å²) in [7, 11) is 0. The first-order valence-electron chi connectivity index (χ1n) is 6.01. The normalized spacial score (nSPS) is 13.0. The Morgan fingerprint density at radius 2 is 2.27 bits per heavy atom. The first kappa shape index (κ1) is 12.2. The van der Waals surface area contributed by atoms with Crippen LogP contribution in [0, 0.1) is 0 Å². The highest BCUT2D eigenvalue weighted by molar-refractivity contribution is 4.91. The van der Waals surface area contributed by atoms with Crippen LogP contribution in [0.4, 0.5) is 0 Å². The van der Waals surface area contributed by atoms with Crippen LogP contribution < -0.4 is 5.32 Å². The molecule has 1 N–H and O–H groups in total. The van der Waals surface area contributed by atoms with Crippen molar-refractivity contribution in [3.63, 3.8) is 0 Å². The van der Waals surface area contributed by atoms with E-state index in [1.54, 1.807) is 0 Å². The topological polar surface area (TPSA) is 29.9 Å². The van der Waals surface area contributed by atoms with Crippen LogP contribution >= 0.6 is 0 Å². The summed E-state index contributed by atoms with van der Waals surface area (Å²) in [5, 5.41) is 3.43. The summed E-state index contributed by atoms with van der Waals surface area (Å²) in [6.07, 6.45) is 7.45. The molecule has 0 spiro atoms. The number of hydrogen-bond acceptors (Lipinski definition) is 2. The first-order chi connectivity index (χ1) is 7.27. The highest BCUT2D eigenvalue weighted by atomic mass is 15.1. The second kappa shape index (κ2) is 6.62. The molecule has 0 fully saturated rings. The third kappa shape index (κ3) is 4.04. The molecule has 1 rings (SSSR count). The SMILES string of the molecule is CCNC(C)CCCn1ccnc1CC. The molecule has 0 aromatic carbocycles. The van der Waals surface area contributed by atoms with Gasteiger partial charge >= 0.3 is 0 Å². The molecule has 0 saturated heterocycles. The fraction of sp³-hybridized carbons (Fsp3) is 0.750. The van der Waals surface area contributed by atoms with Crippen molar-refractivity contribution in [3.05, 3.63) is 18.2 Å². The van der Waals surface area contributed by atoms with E-state index in [0.717, 1.165) is 19.5 Å². The predicted molar refractivity (Wildman–Crippen MR) is 64.0 cm³/mol. The average molecular weight is 209 g/mol. The molecule has 0 bridgehead atoms. The van der Waals surface area contributed by atoms with Crippen molar-refractivity contribution >= 4 is 0 Å². The lowest BCUT2D eigenvalue weighted by atomic mass is 10.2. The van der Waals surface area contributed by atoms with Gasteiger partial charge in [0, 0.05) is 31.4 Å². The number of aromatic nitrogens is 2. The van der Waals surface area contributed by atoms with E-state index in [1.807, 2.05) is 6.20 Å². The van der Waals surface area contributed by atoms with Crippen molar-refractivity contribution in [1.29, 1.82) is 0 Å². The van der Waals surface area contributed by atoms with Crippen LogP contribution in [0.3, 0.4) is 0 Å². The number of rotatable bonds is 7. The van der Waals surface area contributed by atoms with Gasteiger partial charge in [0.05, 0.1) is 0 Å². The third-order valence-electron chi connectivity index (χ3n) is 2.71. The second-order valence-corrected chi connectivity index (χ2v) is 3.99. The molecule has 1 aromatic heterocycles. The van der Waals surface area contributed by atoms with Gasteiger partial charge in [-0.2, -0.15) is 0 Å². The Hall–Kier alpha value is -0.830. The minimum absolute atomic E-state index is 0.628. The highest BCUT2D eigenvalue weighted by Gasteiger charge is 2.02. The van der Waals surface area contributed by atoms with E-state index >= 15 is 0 Å². The van der Waals surface area contributed by atoms with E-state index in [9.17, 15) is 0 Å². The Bertz CT molecular complexity index is 268. The molecule has 0 aliphatic heterocycles. The van der Waals surface area contributed by atoms with Crippen molar-refractivity contribution in [3.8, 4) is 0 Å². The molecule has 86 valence electrons. The summed E-state index contributed by atoms with van der Waals surface area (Å²) in [5.74, 6) is 1.20. The molecule has 1 heterocycles. The van der Waals surface area contributed by atoms with Crippen molar-refractivity contribution in [2.24, 2.45) is 0 Å². The summed E-state index contributed by atoms with van der Waals surface area (Å²) < 4.78 is 2.26. The third-order valence-corrected chi connectivity index (χ3v) is 2.71. The van der Waals surface area contributed by atoms with Gasteiger partial charge < -0.3 is 9.88 Å². The van der Waals surface area contributed by atoms with Gasteiger partial charge in [-0.25, -0.2) is 4.98 Å². The standard InChI is InChI=1S/C12H23N3/c1-4-12-14-8-10-15(12)9-6-7-11(3)13-5-2/h8,10-11,13H,4-7,9H2,1-3H3. The Morgan fingerprint density at radius 1 is 1.47 bits per heavy atom. The van der Waals surface area contributed by atoms with Crippen LogP contribution in [0.15, 0.2) is 12.4 Å². The molecular weight excluding hydrogens is 186 g/mol. The van der Waals surface area contributed by atoms with Crippen molar-refractivity contribution in [2.45, 2.75) is 52.6 Å². The Kier molecular flexibility index (Phi) is 5.40. The fourth-order valence-corrected chi connectivity index (χ4v) is 1.88. The van der Waals surface area contributed by atoms with Crippen LogP contribution in [-0.4, -0.2) is 22.1 Å². The molecule has 3 nitrogen and oxygen atoms in total. The van der Waals surface area contributed by atoms with E-state index in [-0.39, 0.29) is 0 Å². The summed E-state index contributed by atoms with van der Waals surface area (Å²) in [4.78, 5) is 4.32. The van der Waals surface area contributed by atoms with Gasteiger partial charge in [0.25, 0.3) is 0 Å². The molecule has 1 aromatic rings. The van der Waals surface area contributed by atoms with Gasteiger partial charge in [-0.3, -0.25) is 0 Å². The summed E-state index contributed by atoms with van der Waals surface area (Å²) in [6, 6.07) is 0.628. The predicted octanol–water partition coefficient (Wildman–Crippen LogP) is 2.22. The smallest absolute Gasteiger partial charge is 0.108 e. The molecule has 3 heteroatoms. The molecule has 0 radical (unpaired) electrons. The largest absolute Gasteiger partial charge is 0.335 e.